The SMILES string of the molecule is C=C(C)CC(COc1ccc(Cl)cc1)NC. The predicted octanol–water partition coefficient (Wildman–Crippen LogP) is 3.27. The first kappa shape index (κ1) is 13.1. The van der Waals surface area contributed by atoms with Crippen LogP contribution in [0.25, 0.3) is 0 Å². The van der Waals surface area contributed by atoms with Gasteiger partial charge in [-0.3, -0.25) is 0 Å². The van der Waals surface area contributed by atoms with Gasteiger partial charge < -0.3 is 10.1 Å². The summed E-state index contributed by atoms with van der Waals surface area (Å²) < 4.78 is 5.65. The number of rotatable bonds is 6. The van der Waals surface area contributed by atoms with Gasteiger partial charge in [-0.05, 0) is 44.7 Å². The average Bonchev–Trinajstić information content (AvgIpc) is 2.26. The molecule has 0 spiro atoms. The fraction of sp³-hybridized carbons (Fsp3) is 0.385. The Labute approximate surface area is 102 Å². The summed E-state index contributed by atoms with van der Waals surface area (Å²) in [5.74, 6) is 0.839. The molecule has 0 aliphatic rings. The summed E-state index contributed by atoms with van der Waals surface area (Å²) in [7, 11) is 1.93. The van der Waals surface area contributed by atoms with Crippen molar-refractivity contribution in [1.29, 1.82) is 0 Å². The molecule has 0 aromatic heterocycles. The highest BCUT2D eigenvalue weighted by atomic mass is 35.5. The van der Waals surface area contributed by atoms with Crippen LogP contribution < -0.4 is 10.1 Å². The van der Waals surface area contributed by atoms with Gasteiger partial charge >= 0.3 is 0 Å². The first-order valence-corrected chi connectivity index (χ1v) is 5.69. The number of likely N-dealkylation sites (N-methyl/N-ethyl adjacent to an activating group) is 1. The molecular formula is C13H18ClNO. The van der Waals surface area contributed by atoms with Gasteiger partial charge in [0.15, 0.2) is 0 Å². The number of ether oxygens (including phenoxy) is 1. The Balaban J connectivity index is 2.43. The van der Waals surface area contributed by atoms with Crippen LogP contribution in [0.4, 0.5) is 0 Å². The Kier molecular flexibility index (Phi) is 5.36. The van der Waals surface area contributed by atoms with E-state index in [9.17, 15) is 0 Å². The van der Waals surface area contributed by atoms with Crippen LogP contribution in [0, 0.1) is 0 Å². The Morgan fingerprint density at radius 2 is 2.06 bits per heavy atom. The van der Waals surface area contributed by atoms with Gasteiger partial charge in [0.05, 0.1) is 0 Å². The molecule has 0 saturated carbocycles. The molecule has 0 amide bonds. The number of benzene rings is 1. The summed E-state index contributed by atoms with van der Waals surface area (Å²) >= 11 is 5.79. The zero-order valence-corrected chi connectivity index (χ0v) is 10.6. The topological polar surface area (TPSA) is 21.3 Å². The molecule has 3 heteroatoms. The van der Waals surface area contributed by atoms with Crippen molar-refractivity contribution in [3.05, 3.63) is 41.4 Å². The lowest BCUT2D eigenvalue weighted by molar-refractivity contribution is 0.269. The summed E-state index contributed by atoms with van der Waals surface area (Å²) in [6.07, 6.45) is 0.921. The molecule has 88 valence electrons. The van der Waals surface area contributed by atoms with Crippen LogP contribution in [-0.4, -0.2) is 19.7 Å². The molecule has 0 saturated heterocycles. The highest BCUT2D eigenvalue weighted by Gasteiger charge is 2.06. The van der Waals surface area contributed by atoms with E-state index in [0.717, 1.165) is 22.8 Å². The minimum atomic E-state index is 0.299. The largest absolute Gasteiger partial charge is 0.492 e. The van der Waals surface area contributed by atoms with Gasteiger partial charge in [0.2, 0.25) is 0 Å². The monoisotopic (exact) mass is 239 g/mol. The summed E-state index contributed by atoms with van der Waals surface area (Å²) in [6.45, 7) is 6.55. The zero-order valence-electron chi connectivity index (χ0n) is 9.79. The molecule has 0 aliphatic heterocycles. The zero-order chi connectivity index (χ0) is 12.0. The second-order valence-corrected chi connectivity index (χ2v) is 4.35. The molecule has 1 atom stereocenters. The van der Waals surface area contributed by atoms with Gasteiger partial charge in [-0.15, -0.1) is 6.58 Å². The van der Waals surface area contributed by atoms with E-state index >= 15 is 0 Å². The maximum atomic E-state index is 5.79. The normalized spacial score (nSPS) is 12.2. The van der Waals surface area contributed by atoms with Gasteiger partial charge in [-0.25, -0.2) is 0 Å². The van der Waals surface area contributed by atoms with Gasteiger partial charge in [-0.2, -0.15) is 0 Å². The van der Waals surface area contributed by atoms with Crippen LogP contribution in [0.15, 0.2) is 36.4 Å². The number of hydrogen-bond acceptors (Lipinski definition) is 2. The van der Waals surface area contributed by atoms with Crippen molar-refractivity contribution in [2.45, 2.75) is 19.4 Å². The van der Waals surface area contributed by atoms with Gasteiger partial charge in [0.1, 0.15) is 12.4 Å². The quantitative estimate of drug-likeness (QED) is 0.770. The minimum absolute atomic E-state index is 0.299. The number of nitrogens with one attached hydrogen (secondary N) is 1. The average molecular weight is 240 g/mol. The van der Waals surface area contributed by atoms with Crippen molar-refractivity contribution in [1.82, 2.24) is 5.32 Å². The fourth-order valence-electron chi connectivity index (χ4n) is 1.39. The lowest BCUT2D eigenvalue weighted by atomic mass is 10.1. The molecule has 0 bridgehead atoms. The Morgan fingerprint density at radius 3 is 2.56 bits per heavy atom. The summed E-state index contributed by atoms with van der Waals surface area (Å²) in [5, 5.41) is 3.92. The molecule has 0 aliphatic carbocycles. The number of halogens is 1. The standard InChI is InChI=1S/C13H18ClNO/c1-10(2)8-12(15-3)9-16-13-6-4-11(14)5-7-13/h4-7,12,15H,1,8-9H2,2-3H3. The maximum absolute atomic E-state index is 5.79. The van der Waals surface area contributed by atoms with E-state index < -0.39 is 0 Å². The van der Waals surface area contributed by atoms with Crippen molar-refractivity contribution in [3.8, 4) is 5.75 Å². The summed E-state index contributed by atoms with van der Waals surface area (Å²) in [5.41, 5.74) is 1.15. The van der Waals surface area contributed by atoms with E-state index in [-0.39, 0.29) is 0 Å². The predicted molar refractivity (Wildman–Crippen MR) is 69.2 cm³/mol. The van der Waals surface area contributed by atoms with Crippen molar-refractivity contribution in [2.75, 3.05) is 13.7 Å². The van der Waals surface area contributed by atoms with Gasteiger partial charge in [-0.1, -0.05) is 17.2 Å². The van der Waals surface area contributed by atoms with Crippen molar-refractivity contribution in [2.24, 2.45) is 0 Å². The molecule has 2 nitrogen and oxygen atoms in total. The molecule has 1 rings (SSSR count). The number of hydrogen-bond donors (Lipinski definition) is 1. The third kappa shape index (κ3) is 4.69. The van der Waals surface area contributed by atoms with E-state index in [1.807, 2.05) is 38.2 Å². The molecule has 1 aromatic rings. The minimum Gasteiger partial charge on any atom is -0.492 e. The summed E-state index contributed by atoms with van der Waals surface area (Å²) in [6, 6.07) is 7.69. The third-order valence-corrected chi connectivity index (χ3v) is 2.52. The Hall–Kier alpha value is -0.990. The first-order valence-electron chi connectivity index (χ1n) is 5.32. The van der Waals surface area contributed by atoms with Crippen LogP contribution >= 0.6 is 11.6 Å². The van der Waals surface area contributed by atoms with E-state index in [1.165, 1.54) is 0 Å². The van der Waals surface area contributed by atoms with Crippen LogP contribution in [0.5, 0.6) is 5.75 Å². The lowest BCUT2D eigenvalue weighted by Crippen LogP contribution is -2.31. The van der Waals surface area contributed by atoms with Crippen LogP contribution in [-0.2, 0) is 0 Å². The van der Waals surface area contributed by atoms with Crippen molar-refractivity contribution < 1.29 is 4.74 Å². The molecule has 16 heavy (non-hydrogen) atoms. The second-order valence-electron chi connectivity index (χ2n) is 3.91. The summed E-state index contributed by atoms with van der Waals surface area (Å²) in [4.78, 5) is 0. The smallest absolute Gasteiger partial charge is 0.119 e. The van der Waals surface area contributed by atoms with Crippen molar-refractivity contribution in [3.63, 3.8) is 0 Å². The maximum Gasteiger partial charge on any atom is 0.119 e. The van der Waals surface area contributed by atoms with E-state index in [0.29, 0.717) is 12.6 Å². The van der Waals surface area contributed by atoms with E-state index in [1.54, 1.807) is 0 Å². The van der Waals surface area contributed by atoms with E-state index in [2.05, 4.69) is 11.9 Å². The molecule has 1 unspecified atom stereocenters. The molecular weight excluding hydrogens is 222 g/mol. The highest BCUT2D eigenvalue weighted by molar-refractivity contribution is 6.30. The van der Waals surface area contributed by atoms with Gasteiger partial charge in [0.25, 0.3) is 0 Å². The molecule has 0 radical (unpaired) electrons. The van der Waals surface area contributed by atoms with Crippen LogP contribution in [0.1, 0.15) is 13.3 Å². The second kappa shape index (κ2) is 6.56. The van der Waals surface area contributed by atoms with Crippen molar-refractivity contribution >= 4 is 11.6 Å². The van der Waals surface area contributed by atoms with Gasteiger partial charge in [0, 0.05) is 11.1 Å². The first-order chi connectivity index (χ1) is 7.61. The molecule has 1 N–H and O–H groups in total. The fourth-order valence-corrected chi connectivity index (χ4v) is 1.52. The third-order valence-electron chi connectivity index (χ3n) is 2.27. The Morgan fingerprint density at radius 1 is 1.44 bits per heavy atom. The molecule has 0 fully saturated rings. The molecule has 0 heterocycles. The van der Waals surface area contributed by atoms with E-state index in [4.69, 9.17) is 16.3 Å². The highest BCUT2D eigenvalue weighted by Crippen LogP contribution is 2.16. The molecule has 1 aromatic carbocycles. The van der Waals surface area contributed by atoms with Crippen LogP contribution in [0.3, 0.4) is 0 Å². The Bertz CT molecular complexity index is 334. The lowest BCUT2D eigenvalue weighted by Gasteiger charge is -2.17. The van der Waals surface area contributed by atoms with Crippen LogP contribution in [0.2, 0.25) is 5.02 Å².